The lowest BCUT2D eigenvalue weighted by molar-refractivity contribution is 0.472. The molecule has 0 saturated carbocycles. The van der Waals surface area contributed by atoms with Gasteiger partial charge in [0.2, 0.25) is 0 Å². The highest BCUT2D eigenvalue weighted by Crippen LogP contribution is 2.56. The molecule has 0 aliphatic heterocycles. The van der Waals surface area contributed by atoms with Crippen molar-refractivity contribution >= 4 is 0 Å². The van der Waals surface area contributed by atoms with Crippen LogP contribution in [0.4, 0.5) is 0 Å². The molecule has 0 bridgehead atoms. The summed E-state index contributed by atoms with van der Waals surface area (Å²) in [5.41, 5.74) is 11.6. The molecule has 0 unspecified atom stereocenters. The van der Waals surface area contributed by atoms with Gasteiger partial charge in [-0.25, -0.2) is 0 Å². The number of aromatic hydroxyl groups is 2. The highest BCUT2D eigenvalue weighted by atomic mass is 16.3. The van der Waals surface area contributed by atoms with Crippen LogP contribution in [0.3, 0.4) is 0 Å². The van der Waals surface area contributed by atoms with Crippen molar-refractivity contribution in [1.29, 1.82) is 0 Å². The van der Waals surface area contributed by atoms with Crippen molar-refractivity contribution in [3.8, 4) is 44.9 Å². The maximum Gasteiger partial charge on any atom is 0.115 e. The van der Waals surface area contributed by atoms with Crippen molar-refractivity contribution in [3.63, 3.8) is 0 Å². The van der Waals surface area contributed by atoms with E-state index in [0.29, 0.717) is 0 Å². The summed E-state index contributed by atoms with van der Waals surface area (Å²) in [7, 11) is 0. The van der Waals surface area contributed by atoms with E-state index in [2.05, 4.69) is 84.9 Å². The van der Waals surface area contributed by atoms with Crippen molar-refractivity contribution < 1.29 is 10.2 Å². The van der Waals surface area contributed by atoms with Crippen LogP contribution in [0.15, 0.2) is 146 Å². The van der Waals surface area contributed by atoms with Gasteiger partial charge in [0.1, 0.15) is 11.5 Å². The Morgan fingerprint density at radius 2 is 0.897 bits per heavy atom. The Morgan fingerprint density at radius 3 is 1.36 bits per heavy atom. The Labute approximate surface area is 228 Å². The van der Waals surface area contributed by atoms with Gasteiger partial charge < -0.3 is 10.2 Å². The lowest BCUT2D eigenvalue weighted by Crippen LogP contribution is -2.28. The van der Waals surface area contributed by atoms with Gasteiger partial charge in [0.05, 0.1) is 5.41 Å². The minimum atomic E-state index is -0.593. The second-order valence-electron chi connectivity index (χ2n) is 10.1. The van der Waals surface area contributed by atoms with Crippen LogP contribution in [0.5, 0.6) is 11.5 Å². The third kappa shape index (κ3) is 3.57. The first kappa shape index (κ1) is 23.1. The summed E-state index contributed by atoms with van der Waals surface area (Å²) in [6.45, 7) is 0. The molecule has 3 aliphatic carbocycles. The largest absolute Gasteiger partial charge is 0.508 e. The molecule has 5 aromatic rings. The van der Waals surface area contributed by atoms with E-state index in [9.17, 15) is 10.2 Å². The Kier molecular flexibility index (Phi) is 5.35. The molecule has 39 heavy (non-hydrogen) atoms. The lowest BCUT2D eigenvalue weighted by Gasteiger charge is -2.33. The van der Waals surface area contributed by atoms with Crippen LogP contribution in [-0.4, -0.2) is 10.2 Å². The van der Waals surface area contributed by atoms with E-state index in [1.54, 1.807) is 12.1 Å². The average Bonchev–Trinajstić information content (AvgIpc) is 3.27. The highest BCUT2D eigenvalue weighted by molar-refractivity contribution is 5.95. The molecule has 0 spiro atoms. The van der Waals surface area contributed by atoms with E-state index >= 15 is 0 Å². The fourth-order valence-corrected chi connectivity index (χ4v) is 6.15. The molecule has 3 aliphatic rings. The Bertz CT molecular complexity index is 1740. The van der Waals surface area contributed by atoms with Crippen molar-refractivity contribution in [3.05, 3.63) is 168 Å². The molecule has 0 heterocycles. The van der Waals surface area contributed by atoms with E-state index in [1.165, 1.54) is 33.4 Å². The molecule has 0 saturated heterocycles. The summed E-state index contributed by atoms with van der Waals surface area (Å²) >= 11 is 0. The first-order chi connectivity index (χ1) is 19.2. The fourth-order valence-electron chi connectivity index (χ4n) is 6.15. The predicted molar refractivity (Wildman–Crippen MR) is 158 cm³/mol. The van der Waals surface area contributed by atoms with Gasteiger partial charge in [-0.15, -0.1) is 0 Å². The van der Waals surface area contributed by atoms with Gasteiger partial charge in [-0.1, -0.05) is 115 Å². The average molecular weight is 503 g/mol. The van der Waals surface area contributed by atoms with Gasteiger partial charge in [0, 0.05) is 0 Å². The summed E-state index contributed by atoms with van der Waals surface area (Å²) < 4.78 is 0. The predicted octanol–water partition coefficient (Wildman–Crippen LogP) is 8.79. The van der Waals surface area contributed by atoms with Crippen LogP contribution < -0.4 is 0 Å². The summed E-state index contributed by atoms with van der Waals surface area (Å²) in [4.78, 5) is 0. The number of hydrogen-bond donors (Lipinski definition) is 2. The molecule has 8 rings (SSSR count). The molecular weight excluding hydrogens is 476 g/mol. The number of rotatable bonds is 3. The third-order valence-corrected chi connectivity index (χ3v) is 7.93. The van der Waals surface area contributed by atoms with Gasteiger partial charge in [0.15, 0.2) is 0 Å². The van der Waals surface area contributed by atoms with E-state index < -0.39 is 5.41 Å². The zero-order valence-electron chi connectivity index (χ0n) is 21.3. The van der Waals surface area contributed by atoms with Gasteiger partial charge in [-0.2, -0.15) is 0 Å². The quantitative estimate of drug-likeness (QED) is 0.253. The van der Waals surface area contributed by atoms with Crippen molar-refractivity contribution in [2.45, 2.75) is 5.41 Å². The van der Waals surface area contributed by atoms with Gasteiger partial charge in [0.25, 0.3) is 0 Å². The molecule has 0 fully saturated rings. The van der Waals surface area contributed by atoms with Crippen LogP contribution in [0, 0.1) is 0 Å². The third-order valence-electron chi connectivity index (χ3n) is 7.93. The van der Waals surface area contributed by atoms with Gasteiger partial charge >= 0.3 is 0 Å². The standard InChI is InChI=1S/C25H18O2.C12H8/c26-19-9-5-7-17(15-19)25(18-8-6-10-20(27)16-18)23-13-3-1-11-21(23)22-12-2-4-14-24(22)25;1-2-4-9(5-3-1)12-8-10-6-7-11(10)12/h1-16,26-27H;1-8H. The highest BCUT2D eigenvalue weighted by Gasteiger charge is 2.46. The van der Waals surface area contributed by atoms with E-state index in [1.807, 2.05) is 48.5 Å². The summed E-state index contributed by atoms with van der Waals surface area (Å²) in [5, 5.41) is 20.5. The van der Waals surface area contributed by atoms with E-state index in [-0.39, 0.29) is 11.5 Å². The molecule has 0 amide bonds. The maximum absolute atomic E-state index is 10.2. The first-order valence-corrected chi connectivity index (χ1v) is 13.1. The molecule has 2 heteroatoms. The minimum Gasteiger partial charge on any atom is -0.508 e. The van der Waals surface area contributed by atoms with Crippen molar-refractivity contribution in [2.24, 2.45) is 0 Å². The zero-order valence-corrected chi connectivity index (χ0v) is 21.3. The molecular formula is C37H26O2. The van der Waals surface area contributed by atoms with Crippen molar-refractivity contribution in [2.75, 3.05) is 0 Å². The fraction of sp³-hybridized carbons (Fsp3) is 0.0270. The van der Waals surface area contributed by atoms with E-state index in [4.69, 9.17) is 0 Å². The Hall–Kier alpha value is -5.08. The first-order valence-electron chi connectivity index (χ1n) is 13.1. The number of benzene rings is 6. The number of phenolic OH excluding ortho intramolecular Hbond substituents is 2. The molecule has 0 radical (unpaired) electrons. The van der Waals surface area contributed by atoms with Crippen LogP contribution in [0.1, 0.15) is 22.3 Å². The summed E-state index contributed by atoms with van der Waals surface area (Å²) in [6.07, 6.45) is 0. The SMILES string of the molecule is Oc1cccc(C2(c3cccc(O)c3)c3ccccc3-c3ccccc32)c1.c1ccc(-c2cc3ccc2-3)cc1. The number of phenols is 2. The lowest BCUT2D eigenvalue weighted by atomic mass is 9.67. The Morgan fingerprint density at radius 1 is 0.359 bits per heavy atom. The molecule has 5 aromatic carbocycles. The monoisotopic (exact) mass is 502 g/mol. The van der Waals surface area contributed by atoms with Gasteiger partial charge in [-0.05, 0) is 86.0 Å². The second-order valence-corrected chi connectivity index (χ2v) is 10.1. The topological polar surface area (TPSA) is 40.5 Å². The van der Waals surface area contributed by atoms with Crippen LogP contribution in [-0.2, 0) is 5.41 Å². The van der Waals surface area contributed by atoms with Gasteiger partial charge in [-0.3, -0.25) is 0 Å². The van der Waals surface area contributed by atoms with Crippen LogP contribution in [0.2, 0.25) is 0 Å². The summed E-state index contributed by atoms with van der Waals surface area (Å²) in [6, 6.07) is 48.7. The molecule has 2 N–H and O–H groups in total. The van der Waals surface area contributed by atoms with Crippen LogP contribution in [0.25, 0.3) is 33.4 Å². The number of fused-ring (bicyclic) bond motifs is 4. The zero-order chi connectivity index (χ0) is 26.4. The van der Waals surface area contributed by atoms with E-state index in [0.717, 1.165) is 22.3 Å². The Balaban J connectivity index is 0.000000174. The minimum absolute atomic E-state index is 0.230. The summed E-state index contributed by atoms with van der Waals surface area (Å²) in [5.74, 6) is 0.461. The number of hydrogen-bond acceptors (Lipinski definition) is 2. The second kappa shape index (κ2) is 9.04. The molecule has 186 valence electrons. The smallest absolute Gasteiger partial charge is 0.115 e. The maximum atomic E-state index is 10.2. The molecule has 2 nitrogen and oxygen atoms in total. The van der Waals surface area contributed by atoms with Crippen LogP contribution >= 0.6 is 0 Å². The van der Waals surface area contributed by atoms with Crippen molar-refractivity contribution in [1.82, 2.24) is 0 Å². The molecule has 0 aromatic heterocycles. The normalized spacial score (nSPS) is 13.0. The molecule has 0 atom stereocenters.